The van der Waals surface area contributed by atoms with E-state index < -0.39 is 10.2 Å². The van der Waals surface area contributed by atoms with E-state index in [4.69, 9.17) is 4.74 Å². The van der Waals surface area contributed by atoms with Gasteiger partial charge in [-0.2, -0.15) is 0 Å². The third-order valence-corrected chi connectivity index (χ3v) is 4.60. The van der Waals surface area contributed by atoms with E-state index in [0.717, 1.165) is 5.82 Å². The zero-order valence-corrected chi connectivity index (χ0v) is 15.4. The van der Waals surface area contributed by atoms with Crippen molar-refractivity contribution in [2.24, 2.45) is 0 Å². The average molecular weight is 377 g/mol. The van der Waals surface area contributed by atoms with Gasteiger partial charge in [0.05, 0.1) is 29.0 Å². The van der Waals surface area contributed by atoms with Gasteiger partial charge < -0.3 is 14.6 Å². The first-order valence-corrected chi connectivity index (χ1v) is 8.56. The summed E-state index contributed by atoms with van der Waals surface area (Å²) in [5.74, 6) is 0.667. The second-order valence-electron chi connectivity index (χ2n) is 5.32. The first kappa shape index (κ1) is 19.4. The maximum atomic E-state index is 12.5. The van der Waals surface area contributed by atoms with Crippen molar-refractivity contribution in [1.82, 2.24) is 14.8 Å². The van der Waals surface area contributed by atoms with Crippen LogP contribution in [0.5, 0.6) is 5.75 Å². The van der Waals surface area contributed by atoms with Crippen molar-refractivity contribution in [3.63, 3.8) is 0 Å². The molecule has 0 unspecified atom stereocenters. The quantitative estimate of drug-likeness (QED) is 0.326. The van der Waals surface area contributed by atoms with Crippen LogP contribution in [0.2, 0.25) is 0 Å². The number of nitro groups is 1. The molecule has 0 saturated heterocycles. The Morgan fingerprint density at radius 1 is 1.54 bits per heavy atom. The van der Waals surface area contributed by atoms with Crippen molar-refractivity contribution >= 4 is 29.0 Å². The van der Waals surface area contributed by atoms with Crippen LogP contribution in [0.15, 0.2) is 36.0 Å². The third kappa shape index (κ3) is 4.39. The molecule has 1 aromatic heterocycles. The Hall–Kier alpha value is -2.88. The van der Waals surface area contributed by atoms with Crippen LogP contribution in [0.4, 0.5) is 11.4 Å². The molecule has 1 amide bonds. The van der Waals surface area contributed by atoms with Crippen LogP contribution in [0.3, 0.4) is 0 Å². The summed E-state index contributed by atoms with van der Waals surface area (Å²) in [5, 5.41) is 21.8. The fourth-order valence-electron chi connectivity index (χ4n) is 2.13. The Bertz CT molecular complexity index is 836. The van der Waals surface area contributed by atoms with Gasteiger partial charge in [0, 0.05) is 12.6 Å². The van der Waals surface area contributed by atoms with Gasteiger partial charge in [0.15, 0.2) is 5.16 Å². The van der Waals surface area contributed by atoms with Gasteiger partial charge in [-0.25, -0.2) is 0 Å². The number of thioether (sulfide) groups is 1. The van der Waals surface area contributed by atoms with E-state index in [1.807, 2.05) is 11.5 Å². The molecule has 2 rings (SSSR count). The van der Waals surface area contributed by atoms with E-state index >= 15 is 0 Å². The Labute approximate surface area is 154 Å². The number of aromatic nitrogens is 3. The summed E-state index contributed by atoms with van der Waals surface area (Å²) in [6.45, 7) is 7.81. The van der Waals surface area contributed by atoms with Crippen molar-refractivity contribution in [2.75, 3.05) is 12.4 Å². The molecule has 0 aliphatic rings. The molecule has 0 radical (unpaired) electrons. The SMILES string of the molecule is C=CCn1c(C)nnc1S[C@H](C)C(=O)Nc1ccc([N+](=O)[O-])cc1OC. The number of nitrogens with one attached hydrogen (secondary N) is 1. The highest BCUT2D eigenvalue weighted by molar-refractivity contribution is 8.00. The molecule has 0 saturated carbocycles. The highest BCUT2D eigenvalue weighted by Gasteiger charge is 2.21. The third-order valence-electron chi connectivity index (χ3n) is 3.52. The van der Waals surface area contributed by atoms with E-state index in [9.17, 15) is 14.9 Å². The number of nitro benzene ring substituents is 1. The highest BCUT2D eigenvalue weighted by atomic mass is 32.2. The molecule has 10 heteroatoms. The first-order chi connectivity index (χ1) is 12.4. The molecule has 1 aromatic carbocycles. The zero-order chi connectivity index (χ0) is 19.3. The van der Waals surface area contributed by atoms with Gasteiger partial charge in [0.2, 0.25) is 5.91 Å². The molecule has 0 fully saturated rings. The van der Waals surface area contributed by atoms with Crippen LogP contribution in [0.25, 0.3) is 0 Å². The lowest BCUT2D eigenvalue weighted by Gasteiger charge is -2.14. The molecule has 1 N–H and O–H groups in total. The van der Waals surface area contributed by atoms with Crippen LogP contribution < -0.4 is 10.1 Å². The maximum absolute atomic E-state index is 12.5. The summed E-state index contributed by atoms with van der Waals surface area (Å²) in [7, 11) is 1.38. The number of allylic oxidation sites excluding steroid dienone is 1. The highest BCUT2D eigenvalue weighted by Crippen LogP contribution is 2.30. The monoisotopic (exact) mass is 377 g/mol. The Morgan fingerprint density at radius 2 is 2.27 bits per heavy atom. The number of ether oxygens (including phenoxy) is 1. The van der Waals surface area contributed by atoms with Gasteiger partial charge in [0.25, 0.3) is 5.69 Å². The molecule has 0 aliphatic heterocycles. The van der Waals surface area contributed by atoms with E-state index in [2.05, 4.69) is 22.1 Å². The van der Waals surface area contributed by atoms with Crippen molar-refractivity contribution < 1.29 is 14.5 Å². The number of carbonyl (C=O) groups excluding carboxylic acids is 1. The lowest BCUT2D eigenvalue weighted by molar-refractivity contribution is -0.384. The number of aryl methyl sites for hydroxylation is 1. The number of anilines is 1. The fraction of sp³-hybridized carbons (Fsp3) is 0.312. The minimum atomic E-state index is -0.526. The van der Waals surface area contributed by atoms with Crippen LogP contribution in [0, 0.1) is 17.0 Å². The van der Waals surface area contributed by atoms with Crippen molar-refractivity contribution in [3.05, 3.63) is 46.8 Å². The molecular weight excluding hydrogens is 358 g/mol. The van der Waals surface area contributed by atoms with E-state index in [1.54, 1.807) is 13.0 Å². The molecule has 0 bridgehead atoms. The topological polar surface area (TPSA) is 112 Å². The predicted molar refractivity (Wildman–Crippen MR) is 98.6 cm³/mol. The number of carbonyl (C=O) groups is 1. The normalized spacial score (nSPS) is 11.7. The maximum Gasteiger partial charge on any atom is 0.273 e. The number of amides is 1. The predicted octanol–water partition coefficient (Wildman–Crippen LogP) is 2.81. The molecule has 138 valence electrons. The van der Waals surface area contributed by atoms with Gasteiger partial charge in [-0.3, -0.25) is 14.9 Å². The summed E-state index contributed by atoms with van der Waals surface area (Å²) < 4.78 is 6.98. The summed E-state index contributed by atoms with van der Waals surface area (Å²) in [6.07, 6.45) is 1.73. The minimum Gasteiger partial charge on any atom is -0.494 e. The number of rotatable bonds is 8. The fourth-order valence-corrected chi connectivity index (χ4v) is 3.03. The van der Waals surface area contributed by atoms with E-state index in [-0.39, 0.29) is 17.3 Å². The molecule has 1 atom stereocenters. The van der Waals surface area contributed by atoms with Crippen LogP contribution >= 0.6 is 11.8 Å². The Kier molecular flexibility index (Phi) is 6.34. The van der Waals surface area contributed by atoms with Crippen LogP contribution in [-0.4, -0.2) is 38.0 Å². The lowest BCUT2D eigenvalue weighted by atomic mass is 10.2. The van der Waals surface area contributed by atoms with Gasteiger partial charge in [-0.1, -0.05) is 17.8 Å². The van der Waals surface area contributed by atoms with Gasteiger partial charge in [-0.15, -0.1) is 16.8 Å². The molecule has 9 nitrogen and oxygen atoms in total. The van der Waals surface area contributed by atoms with Crippen molar-refractivity contribution in [3.8, 4) is 5.75 Å². The summed E-state index contributed by atoms with van der Waals surface area (Å²) >= 11 is 1.26. The average Bonchev–Trinajstić information content (AvgIpc) is 2.95. The first-order valence-electron chi connectivity index (χ1n) is 7.68. The van der Waals surface area contributed by atoms with Gasteiger partial charge in [0.1, 0.15) is 11.6 Å². The number of non-ortho nitro benzene ring substituents is 1. The summed E-state index contributed by atoms with van der Waals surface area (Å²) in [4.78, 5) is 22.8. The van der Waals surface area contributed by atoms with Crippen molar-refractivity contribution in [1.29, 1.82) is 0 Å². The van der Waals surface area contributed by atoms with E-state index in [0.29, 0.717) is 17.4 Å². The number of hydrogen-bond acceptors (Lipinski definition) is 7. The molecule has 0 spiro atoms. The van der Waals surface area contributed by atoms with E-state index in [1.165, 1.54) is 37.1 Å². The second kappa shape index (κ2) is 8.48. The van der Waals surface area contributed by atoms with Gasteiger partial charge >= 0.3 is 0 Å². The molecule has 2 aromatic rings. The largest absolute Gasteiger partial charge is 0.494 e. The Morgan fingerprint density at radius 3 is 2.88 bits per heavy atom. The molecule has 1 heterocycles. The summed E-state index contributed by atoms with van der Waals surface area (Å²) in [6, 6.07) is 4.01. The second-order valence-corrected chi connectivity index (χ2v) is 6.63. The van der Waals surface area contributed by atoms with Crippen LogP contribution in [-0.2, 0) is 11.3 Å². The lowest BCUT2D eigenvalue weighted by Crippen LogP contribution is -2.23. The minimum absolute atomic E-state index is 0.115. The number of methoxy groups -OCH3 is 1. The molecular formula is C16H19N5O4S. The molecule has 26 heavy (non-hydrogen) atoms. The number of benzene rings is 1. The van der Waals surface area contributed by atoms with Gasteiger partial charge in [-0.05, 0) is 19.9 Å². The standard InChI is InChI=1S/C16H19N5O4S/c1-5-8-20-11(3)18-19-16(20)26-10(2)15(22)17-13-7-6-12(21(23)24)9-14(13)25-4/h5-7,9-10H,1,8H2,2-4H3,(H,17,22)/t10-/m1/s1. The number of hydrogen-bond donors (Lipinski definition) is 1. The number of nitrogens with zero attached hydrogens (tertiary/aromatic N) is 4. The zero-order valence-electron chi connectivity index (χ0n) is 14.6. The summed E-state index contributed by atoms with van der Waals surface area (Å²) in [5.41, 5.74) is 0.245. The molecule has 0 aliphatic carbocycles. The van der Waals surface area contributed by atoms with Crippen molar-refractivity contribution in [2.45, 2.75) is 30.8 Å². The Balaban J connectivity index is 2.12. The smallest absolute Gasteiger partial charge is 0.273 e. The van der Waals surface area contributed by atoms with Crippen LogP contribution in [0.1, 0.15) is 12.7 Å².